The van der Waals surface area contributed by atoms with E-state index in [0.29, 0.717) is 21.9 Å². The minimum atomic E-state index is -0.714. The minimum Gasteiger partial charge on any atom is -0.385 e. The maximum atomic E-state index is 11.5. The van der Waals surface area contributed by atoms with Crippen LogP contribution in [0, 0.1) is 11.8 Å². The van der Waals surface area contributed by atoms with E-state index in [0.717, 1.165) is 24.8 Å². The second-order valence-electron chi connectivity index (χ2n) is 6.80. The van der Waals surface area contributed by atoms with E-state index in [2.05, 4.69) is 0 Å². The highest BCUT2D eigenvalue weighted by molar-refractivity contribution is 6.42. The molecule has 0 heterocycles. The Kier molecular flexibility index (Phi) is 4.83. The van der Waals surface area contributed by atoms with E-state index in [-0.39, 0.29) is 0 Å². The van der Waals surface area contributed by atoms with Gasteiger partial charge in [0.1, 0.15) is 0 Å². The Bertz CT molecular complexity index is 496. The van der Waals surface area contributed by atoms with Crippen molar-refractivity contribution >= 4 is 23.2 Å². The van der Waals surface area contributed by atoms with E-state index in [1.165, 1.54) is 38.5 Å². The van der Waals surface area contributed by atoms with Crippen molar-refractivity contribution in [2.75, 3.05) is 0 Å². The van der Waals surface area contributed by atoms with Gasteiger partial charge in [0.05, 0.1) is 15.6 Å². The summed E-state index contributed by atoms with van der Waals surface area (Å²) in [5.74, 6) is 1.04. The zero-order valence-corrected chi connectivity index (χ0v) is 14.0. The van der Waals surface area contributed by atoms with Gasteiger partial charge >= 0.3 is 0 Å². The van der Waals surface area contributed by atoms with Gasteiger partial charge < -0.3 is 5.11 Å². The van der Waals surface area contributed by atoms with Crippen molar-refractivity contribution in [3.8, 4) is 0 Å². The first-order chi connectivity index (χ1) is 10.1. The number of halogens is 2. The third-order valence-electron chi connectivity index (χ3n) is 5.57. The van der Waals surface area contributed by atoms with Gasteiger partial charge in [-0.05, 0) is 42.4 Å². The fourth-order valence-corrected chi connectivity index (χ4v) is 4.77. The molecule has 1 nitrogen and oxygen atoms in total. The molecule has 0 amide bonds. The van der Waals surface area contributed by atoms with Crippen molar-refractivity contribution in [1.82, 2.24) is 0 Å². The average molecular weight is 327 g/mol. The van der Waals surface area contributed by atoms with Crippen molar-refractivity contribution in [2.45, 2.75) is 63.4 Å². The Morgan fingerprint density at radius 3 is 2.33 bits per heavy atom. The number of hydrogen-bond donors (Lipinski definition) is 1. The van der Waals surface area contributed by atoms with Gasteiger partial charge in [-0.15, -0.1) is 0 Å². The van der Waals surface area contributed by atoms with Crippen molar-refractivity contribution in [1.29, 1.82) is 0 Å². The molecule has 0 radical (unpaired) electrons. The Labute approximate surface area is 137 Å². The van der Waals surface area contributed by atoms with Crippen LogP contribution in [0.2, 0.25) is 10.0 Å². The summed E-state index contributed by atoms with van der Waals surface area (Å²) >= 11 is 12.2. The average Bonchev–Trinajstić information content (AvgIpc) is 2.51. The number of hydrogen-bond acceptors (Lipinski definition) is 1. The van der Waals surface area contributed by atoms with Crippen LogP contribution in [-0.2, 0) is 5.60 Å². The molecular formula is C18H24Cl2O. The van der Waals surface area contributed by atoms with Gasteiger partial charge in [-0.3, -0.25) is 0 Å². The lowest BCUT2D eigenvalue weighted by atomic mass is 9.63. The molecule has 3 rings (SSSR count). The zero-order valence-electron chi connectivity index (χ0n) is 12.5. The first-order valence-corrected chi connectivity index (χ1v) is 9.05. The Balaban J connectivity index is 1.91. The van der Waals surface area contributed by atoms with Crippen molar-refractivity contribution in [2.24, 2.45) is 11.8 Å². The molecule has 1 aromatic rings. The number of rotatable bonds is 2. The fraction of sp³-hybridized carbons (Fsp3) is 0.667. The lowest BCUT2D eigenvalue weighted by Crippen LogP contribution is -2.42. The highest BCUT2D eigenvalue weighted by Gasteiger charge is 2.44. The van der Waals surface area contributed by atoms with Crippen LogP contribution in [-0.4, -0.2) is 5.11 Å². The first-order valence-electron chi connectivity index (χ1n) is 8.29. The molecule has 2 atom stereocenters. The van der Waals surface area contributed by atoms with Crippen molar-refractivity contribution < 1.29 is 5.11 Å². The Hall–Kier alpha value is -0.240. The summed E-state index contributed by atoms with van der Waals surface area (Å²) in [5.41, 5.74) is 0.251. The van der Waals surface area contributed by atoms with Gasteiger partial charge in [0.15, 0.2) is 0 Å². The maximum Gasteiger partial charge on any atom is 0.0927 e. The Morgan fingerprint density at radius 1 is 0.905 bits per heavy atom. The van der Waals surface area contributed by atoms with Crippen molar-refractivity contribution in [3.05, 3.63) is 33.8 Å². The van der Waals surface area contributed by atoms with Crippen molar-refractivity contribution in [3.63, 3.8) is 0 Å². The third-order valence-corrected chi connectivity index (χ3v) is 6.31. The summed E-state index contributed by atoms with van der Waals surface area (Å²) in [4.78, 5) is 0. The molecule has 2 fully saturated rings. The summed E-state index contributed by atoms with van der Waals surface area (Å²) in [7, 11) is 0. The van der Waals surface area contributed by atoms with Gasteiger partial charge in [0.2, 0.25) is 0 Å². The molecule has 1 aromatic carbocycles. The van der Waals surface area contributed by atoms with Gasteiger partial charge in [-0.1, -0.05) is 74.2 Å². The smallest absolute Gasteiger partial charge is 0.0927 e. The fourth-order valence-electron chi connectivity index (χ4n) is 4.47. The second-order valence-corrected chi connectivity index (χ2v) is 7.62. The summed E-state index contributed by atoms with van der Waals surface area (Å²) in [6, 6.07) is 5.67. The molecule has 1 N–H and O–H groups in total. The largest absolute Gasteiger partial charge is 0.385 e. The molecule has 2 aliphatic rings. The highest BCUT2D eigenvalue weighted by Crippen LogP contribution is 2.49. The molecule has 2 saturated carbocycles. The monoisotopic (exact) mass is 326 g/mol. The van der Waals surface area contributed by atoms with E-state index >= 15 is 0 Å². The lowest BCUT2D eigenvalue weighted by Gasteiger charge is -2.45. The molecule has 2 unspecified atom stereocenters. The molecule has 2 aliphatic carbocycles. The number of aliphatic hydroxyl groups is 1. The summed E-state index contributed by atoms with van der Waals surface area (Å²) in [5, 5.41) is 12.6. The van der Waals surface area contributed by atoms with Crippen LogP contribution in [0.25, 0.3) is 0 Å². The zero-order chi connectivity index (χ0) is 14.9. The summed E-state index contributed by atoms with van der Waals surface area (Å²) in [6.45, 7) is 0. The third kappa shape index (κ3) is 3.11. The first kappa shape index (κ1) is 15.6. The molecule has 21 heavy (non-hydrogen) atoms. The molecular weight excluding hydrogens is 303 g/mol. The normalized spacial score (nSPS) is 31.3. The highest BCUT2D eigenvalue weighted by atomic mass is 35.5. The molecule has 0 spiro atoms. The van der Waals surface area contributed by atoms with E-state index in [4.69, 9.17) is 23.2 Å². The standard InChI is InChI=1S/C18H24Cl2O/c19-16-10-9-14(12-17(16)20)18(21)11-5-4-8-15(18)13-6-2-1-3-7-13/h9-10,12-13,15,21H,1-8,11H2. The number of benzene rings is 1. The Morgan fingerprint density at radius 2 is 1.62 bits per heavy atom. The lowest BCUT2D eigenvalue weighted by molar-refractivity contribution is -0.0835. The molecule has 0 saturated heterocycles. The van der Waals surface area contributed by atoms with Crippen LogP contribution < -0.4 is 0 Å². The molecule has 0 aromatic heterocycles. The predicted octanol–water partition coefficient (Wildman–Crippen LogP) is 5.95. The molecule has 0 aliphatic heterocycles. The van der Waals surface area contributed by atoms with Crippen LogP contribution >= 0.6 is 23.2 Å². The van der Waals surface area contributed by atoms with Crippen LogP contribution in [0.15, 0.2) is 18.2 Å². The van der Waals surface area contributed by atoms with Gasteiger partial charge in [-0.25, -0.2) is 0 Å². The second kappa shape index (κ2) is 6.48. The molecule has 0 bridgehead atoms. The van der Waals surface area contributed by atoms with E-state index < -0.39 is 5.60 Å². The topological polar surface area (TPSA) is 20.2 Å². The molecule has 3 heteroatoms. The predicted molar refractivity (Wildman–Crippen MR) is 88.9 cm³/mol. The maximum absolute atomic E-state index is 11.5. The molecule has 116 valence electrons. The summed E-state index contributed by atoms with van der Waals surface area (Å²) < 4.78 is 0. The van der Waals surface area contributed by atoms with Crippen LogP contribution in [0.3, 0.4) is 0 Å². The van der Waals surface area contributed by atoms with Gasteiger partial charge in [-0.2, -0.15) is 0 Å². The van der Waals surface area contributed by atoms with Crippen LogP contribution in [0.4, 0.5) is 0 Å². The van der Waals surface area contributed by atoms with Gasteiger partial charge in [0.25, 0.3) is 0 Å². The van der Waals surface area contributed by atoms with Crippen LogP contribution in [0.5, 0.6) is 0 Å². The summed E-state index contributed by atoms with van der Waals surface area (Å²) in [6.07, 6.45) is 10.9. The van der Waals surface area contributed by atoms with E-state index in [1.807, 2.05) is 18.2 Å². The van der Waals surface area contributed by atoms with E-state index in [9.17, 15) is 5.11 Å². The van der Waals surface area contributed by atoms with Crippen LogP contribution in [0.1, 0.15) is 63.4 Å². The van der Waals surface area contributed by atoms with E-state index in [1.54, 1.807) is 0 Å². The quantitative estimate of drug-likeness (QED) is 0.711. The minimum absolute atomic E-state index is 0.379. The SMILES string of the molecule is OC1(c2ccc(Cl)c(Cl)c2)CCCCC1C1CCCCC1. The van der Waals surface area contributed by atoms with Gasteiger partial charge in [0, 0.05) is 0 Å².